The highest BCUT2D eigenvalue weighted by atomic mass is 32.1. The average Bonchev–Trinajstić information content (AvgIpc) is 3.22. The van der Waals surface area contributed by atoms with E-state index in [1.165, 1.54) is 21.9 Å². The van der Waals surface area contributed by atoms with Crippen molar-refractivity contribution in [1.29, 1.82) is 0 Å². The SMILES string of the molecule is Cn1ccnc1CN1CCCC[C@@H](NC(=O)c2cnc3sccn3c2=O)C1. The Hall–Kier alpha value is -2.52. The quantitative estimate of drug-likeness (QED) is 0.730. The number of carbonyl (C=O) groups is 1. The molecule has 0 unspecified atom stereocenters. The van der Waals surface area contributed by atoms with Crippen LogP contribution in [0.5, 0.6) is 0 Å². The van der Waals surface area contributed by atoms with E-state index < -0.39 is 0 Å². The minimum atomic E-state index is -0.350. The summed E-state index contributed by atoms with van der Waals surface area (Å²) in [6, 6.07) is 0.00263. The number of rotatable bonds is 4. The second-order valence-electron chi connectivity index (χ2n) is 6.89. The Morgan fingerprint density at radius 2 is 2.22 bits per heavy atom. The largest absolute Gasteiger partial charge is 0.348 e. The molecular weight excluding hydrogens is 364 g/mol. The van der Waals surface area contributed by atoms with Crippen LogP contribution in [0.1, 0.15) is 35.4 Å². The van der Waals surface area contributed by atoms with Crippen molar-refractivity contribution in [3.8, 4) is 0 Å². The maximum Gasteiger partial charge on any atom is 0.271 e. The predicted octanol–water partition coefficient (Wildman–Crippen LogP) is 1.27. The summed E-state index contributed by atoms with van der Waals surface area (Å²) in [6.07, 6.45) is 9.79. The van der Waals surface area contributed by atoms with Crippen molar-refractivity contribution in [3.63, 3.8) is 0 Å². The maximum absolute atomic E-state index is 12.7. The highest BCUT2D eigenvalue weighted by Crippen LogP contribution is 2.14. The highest BCUT2D eigenvalue weighted by Gasteiger charge is 2.23. The van der Waals surface area contributed by atoms with E-state index in [1.54, 1.807) is 17.8 Å². The van der Waals surface area contributed by atoms with E-state index >= 15 is 0 Å². The normalized spacial score (nSPS) is 18.5. The first-order valence-electron chi connectivity index (χ1n) is 9.06. The van der Waals surface area contributed by atoms with Crippen molar-refractivity contribution in [2.24, 2.45) is 7.05 Å². The third-order valence-electron chi connectivity index (χ3n) is 4.96. The molecule has 1 atom stereocenters. The molecule has 1 fully saturated rings. The number of nitrogens with zero attached hydrogens (tertiary/aromatic N) is 5. The van der Waals surface area contributed by atoms with E-state index in [-0.39, 0.29) is 23.1 Å². The number of fused-ring (bicyclic) bond motifs is 1. The van der Waals surface area contributed by atoms with Crippen molar-refractivity contribution < 1.29 is 4.79 Å². The summed E-state index contributed by atoms with van der Waals surface area (Å²) < 4.78 is 3.43. The first-order valence-corrected chi connectivity index (χ1v) is 9.94. The van der Waals surface area contributed by atoms with Crippen LogP contribution in [0.4, 0.5) is 0 Å². The number of amides is 1. The minimum Gasteiger partial charge on any atom is -0.348 e. The summed E-state index contributed by atoms with van der Waals surface area (Å²) in [5, 5.41) is 4.82. The Labute approximate surface area is 160 Å². The van der Waals surface area contributed by atoms with Crippen LogP contribution in [0.3, 0.4) is 0 Å². The molecular formula is C18H22N6O2S. The Morgan fingerprint density at radius 3 is 3.04 bits per heavy atom. The van der Waals surface area contributed by atoms with Crippen LogP contribution in [0, 0.1) is 0 Å². The van der Waals surface area contributed by atoms with E-state index in [4.69, 9.17) is 0 Å². The molecule has 9 heteroatoms. The summed E-state index contributed by atoms with van der Waals surface area (Å²) in [5.74, 6) is 0.657. The molecule has 27 heavy (non-hydrogen) atoms. The summed E-state index contributed by atoms with van der Waals surface area (Å²) in [6.45, 7) is 2.47. The van der Waals surface area contributed by atoms with Gasteiger partial charge in [0.05, 0.1) is 6.54 Å². The van der Waals surface area contributed by atoms with Crippen LogP contribution in [-0.2, 0) is 13.6 Å². The third kappa shape index (κ3) is 3.79. The van der Waals surface area contributed by atoms with Gasteiger partial charge in [-0.2, -0.15) is 0 Å². The van der Waals surface area contributed by atoms with Crippen LogP contribution in [0.2, 0.25) is 0 Å². The molecule has 1 amide bonds. The van der Waals surface area contributed by atoms with Gasteiger partial charge in [-0.05, 0) is 19.4 Å². The number of aryl methyl sites for hydroxylation is 1. The zero-order valence-corrected chi connectivity index (χ0v) is 16.0. The molecule has 0 aromatic carbocycles. The van der Waals surface area contributed by atoms with E-state index in [0.717, 1.165) is 44.7 Å². The van der Waals surface area contributed by atoms with Gasteiger partial charge in [0.1, 0.15) is 11.4 Å². The lowest BCUT2D eigenvalue weighted by molar-refractivity contribution is 0.0923. The van der Waals surface area contributed by atoms with Crippen LogP contribution in [-0.4, -0.2) is 48.9 Å². The molecule has 3 aromatic rings. The number of thiazole rings is 1. The zero-order valence-electron chi connectivity index (χ0n) is 15.2. The standard InChI is InChI=1S/C18H22N6O2S/c1-22-7-5-19-15(22)12-23-6-3-2-4-13(11-23)21-16(25)14-10-20-18-24(17(14)26)8-9-27-18/h5,7-10,13H,2-4,6,11-12H2,1H3,(H,21,25)/t13-/m1/s1. The van der Waals surface area contributed by atoms with E-state index in [9.17, 15) is 9.59 Å². The van der Waals surface area contributed by atoms with Gasteiger partial charge < -0.3 is 9.88 Å². The number of nitrogens with one attached hydrogen (secondary N) is 1. The molecule has 1 aliphatic rings. The highest BCUT2D eigenvalue weighted by molar-refractivity contribution is 7.15. The van der Waals surface area contributed by atoms with Crippen molar-refractivity contribution in [3.05, 3.63) is 51.9 Å². The number of carbonyl (C=O) groups excluding carboxylic acids is 1. The molecule has 0 radical (unpaired) electrons. The average molecular weight is 386 g/mol. The fraction of sp³-hybridized carbons (Fsp3) is 0.444. The summed E-state index contributed by atoms with van der Waals surface area (Å²) in [4.78, 5) is 36.7. The Kier molecular flexibility index (Phi) is 5.04. The van der Waals surface area contributed by atoms with Crippen LogP contribution in [0.25, 0.3) is 4.96 Å². The molecule has 1 saturated heterocycles. The van der Waals surface area contributed by atoms with Gasteiger partial charge in [0, 0.05) is 49.8 Å². The molecule has 0 bridgehead atoms. The lowest BCUT2D eigenvalue weighted by Gasteiger charge is -2.24. The fourth-order valence-electron chi connectivity index (χ4n) is 3.47. The van der Waals surface area contributed by atoms with Crippen molar-refractivity contribution in [1.82, 2.24) is 29.2 Å². The lowest BCUT2D eigenvalue weighted by atomic mass is 10.1. The molecule has 4 heterocycles. The molecule has 0 aliphatic carbocycles. The number of likely N-dealkylation sites (tertiary alicyclic amines) is 1. The van der Waals surface area contributed by atoms with Gasteiger partial charge in [-0.3, -0.25) is 18.9 Å². The zero-order chi connectivity index (χ0) is 18.8. The maximum atomic E-state index is 12.7. The Bertz CT molecular complexity index is 1010. The first kappa shape index (κ1) is 17.9. The van der Waals surface area contributed by atoms with E-state index in [0.29, 0.717) is 4.96 Å². The molecule has 1 N–H and O–H groups in total. The van der Waals surface area contributed by atoms with Gasteiger partial charge in [-0.15, -0.1) is 11.3 Å². The van der Waals surface area contributed by atoms with Crippen LogP contribution in [0.15, 0.2) is 35.0 Å². The molecule has 0 saturated carbocycles. The predicted molar refractivity (Wildman–Crippen MR) is 103 cm³/mol. The second kappa shape index (κ2) is 7.61. The fourth-order valence-corrected chi connectivity index (χ4v) is 4.15. The molecule has 142 valence electrons. The lowest BCUT2D eigenvalue weighted by Crippen LogP contribution is -2.44. The van der Waals surface area contributed by atoms with Gasteiger partial charge in [-0.1, -0.05) is 6.42 Å². The molecule has 4 rings (SSSR count). The van der Waals surface area contributed by atoms with Crippen LogP contribution < -0.4 is 10.9 Å². The van der Waals surface area contributed by atoms with Crippen molar-refractivity contribution in [2.75, 3.05) is 13.1 Å². The van der Waals surface area contributed by atoms with Crippen LogP contribution >= 0.6 is 11.3 Å². The number of hydrogen-bond donors (Lipinski definition) is 1. The second-order valence-corrected chi connectivity index (χ2v) is 7.76. The molecule has 3 aromatic heterocycles. The number of imidazole rings is 1. The smallest absolute Gasteiger partial charge is 0.271 e. The first-order chi connectivity index (χ1) is 13.1. The van der Waals surface area contributed by atoms with Gasteiger partial charge in [0.25, 0.3) is 11.5 Å². The summed E-state index contributed by atoms with van der Waals surface area (Å²) in [5.41, 5.74) is -0.233. The topological polar surface area (TPSA) is 84.5 Å². The van der Waals surface area contributed by atoms with Crippen molar-refractivity contribution >= 4 is 22.2 Å². The number of aromatic nitrogens is 4. The van der Waals surface area contributed by atoms with Gasteiger partial charge in [-0.25, -0.2) is 9.97 Å². The van der Waals surface area contributed by atoms with Gasteiger partial charge >= 0.3 is 0 Å². The van der Waals surface area contributed by atoms with E-state index in [1.807, 2.05) is 17.8 Å². The van der Waals surface area contributed by atoms with Gasteiger partial charge in [0.15, 0.2) is 4.96 Å². The molecule has 8 nitrogen and oxygen atoms in total. The Balaban J connectivity index is 1.46. The molecule has 0 spiro atoms. The van der Waals surface area contributed by atoms with Crippen molar-refractivity contribution in [2.45, 2.75) is 31.8 Å². The molecule has 1 aliphatic heterocycles. The Morgan fingerprint density at radius 1 is 1.33 bits per heavy atom. The summed E-state index contributed by atoms with van der Waals surface area (Å²) in [7, 11) is 1.99. The minimum absolute atomic E-state index is 0.00263. The monoisotopic (exact) mass is 386 g/mol. The third-order valence-corrected chi connectivity index (χ3v) is 5.73. The van der Waals surface area contributed by atoms with E-state index in [2.05, 4.69) is 20.2 Å². The number of hydrogen-bond acceptors (Lipinski definition) is 6. The summed E-state index contributed by atoms with van der Waals surface area (Å²) >= 11 is 1.37. The van der Waals surface area contributed by atoms with Gasteiger partial charge in [0.2, 0.25) is 0 Å².